The number of ether oxygens (including phenoxy) is 1. The maximum Gasteiger partial charge on any atom is 0.251 e. The minimum absolute atomic E-state index is 0.122. The Morgan fingerprint density at radius 3 is 2.53 bits per heavy atom. The van der Waals surface area contributed by atoms with Crippen LogP contribution in [-0.4, -0.2) is 31.5 Å². The van der Waals surface area contributed by atoms with Gasteiger partial charge < -0.3 is 15.4 Å². The summed E-state index contributed by atoms with van der Waals surface area (Å²) in [7, 11) is 0. The Balaban J connectivity index is 2.53. The molecule has 0 spiro atoms. The van der Waals surface area contributed by atoms with Crippen molar-refractivity contribution in [1.29, 1.82) is 0 Å². The van der Waals surface area contributed by atoms with Gasteiger partial charge in [0.25, 0.3) is 5.91 Å². The lowest BCUT2D eigenvalue weighted by Gasteiger charge is -2.08. The van der Waals surface area contributed by atoms with Gasteiger partial charge in [-0.1, -0.05) is 0 Å². The van der Waals surface area contributed by atoms with E-state index in [1.54, 1.807) is 6.92 Å². The Morgan fingerprint density at radius 1 is 1.26 bits per heavy atom. The quantitative estimate of drug-likeness (QED) is 0.759. The number of carbonyl (C=O) groups excluding carboxylic acids is 2. The van der Waals surface area contributed by atoms with Crippen LogP contribution in [0.4, 0.5) is 4.39 Å². The lowest BCUT2D eigenvalue weighted by molar-refractivity contribution is -0.118. The van der Waals surface area contributed by atoms with Crippen LogP contribution in [0.1, 0.15) is 24.2 Å². The SMILES string of the molecule is CCOc1ccc(C(=O)NCCNC(C)=O)cc1F. The normalized spacial score (nSPS) is 9.84. The van der Waals surface area contributed by atoms with Crippen molar-refractivity contribution < 1.29 is 18.7 Å². The highest BCUT2D eigenvalue weighted by Gasteiger charge is 2.09. The van der Waals surface area contributed by atoms with Gasteiger partial charge in [0.05, 0.1) is 6.61 Å². The van der Waals surface area contributed by atoms with Crippen LogP contribution in [0.25, 0.3) is 0 Å². The summed E-state index contributed by atoms with van der Waals surface area (Å²) >= 11 is 0. The van der Waals surface area contributed by atoms with E-state index in [9.17, 15) is 14.0 Å². The number of rotatable bonds is 6. The smallest absolute Gasteiger partial charge is 0.251 e. The molecule has 0 atom stereocenters. The molecule has 0 aliphatic rings. The average molecular weight is 268 g/mol. The van der Waals surface area contributed by atoms with E-state index in [0.29, 0.717) is 13.2 Å². The molecular weight excluding hydrogens is 251 g/mol. The zero-order chi connectivity index (χ0) is 14.3. The predicted octanol–water partition coefficient (Wildman–Crippen LogP) is 1.09. The molecule has 0 fully saturated rings. The number of hydrogen-bond donors (Lipinski definition) is 2. The van der Waals surface area contributed by atoms with Gasteiger partial charge in [0, 0.05) is 25.6 Å². The molecule has 0 aliphatic heterocycles. The van der Waals surface area contributed by atoms with E-state index >= 15 is 0 Å². The van der Waals surface area contributed by atoms with E-state index in [1.165, 1.54) is 19.1 Å². The number of halogens is 1. The van der Waals surface area contributed by atoms with E-state index in [1.807, 2.05) is 0 Å². The molecule has 0 heterocycles. The van der Waals surface area contributed by atoms with E-state index < -0.39 is 11.7 Å². The van der Waals surface area contributed by atoms with Crippen molar-refractivity contribution in [2.75, 3.05) is 19.7 Å². The Morgan fingerprint density at radius 2 is 1.95 bits per heavy atom. The van der Waals surface area contributed by atoms with Crippen molar-refractivity contribution in [3.63, 3.8) is 0 Å². The molecular formula is C13H17FN2O3. The van der Waals surface area contributed by atoms with Crippen LogP contribution in [0.15, 0.2) is 18.2 Å². The van der Waals surface area contributed by atoms with Gasteiger partial charge in [-0.15, -0.1) is 0 Å². The molecule has 0 saturated heterocycles. The van der Waals surface area contributed by atoms with Gasteiger partial charge in [0.1, 0.15) is 0 Å². The maximum absolute atomic E-state index is 13.5. The van der Waals surface area contributed by atoms with Crippen molar-refractivity contribution in [3.8, 4) is 5.75 Å². The monoisotopic (exact) mass is 268 g/mol. The highest BCUT2D eigenvalue weighted by Crippen LogP contribution is 2.18. The van der Waals surface area contributed by atoms with Crippen molar-refractivity contribution in [3.05, 3.63) is 29.6 Å². The molecule has 1 aromatic carbocycles. The fourth-order valence-electron chi connectivity index (χ4n) is 1.43. The van der Waals surface area contributed by atoms with E-state index in [0.717, 1.165) is 6.07 Å². The molecule has 19 heavy (non-hydrogen) atoms. The average Bonchev–Trinajstić information content (AvgIpc) is 2.36. The largest absolute Gasteiger partial charge is 0.491 e. The summed E-state index contributed by atoms with van der Waals surface area (Å²) in [4.78, 5) is 22.3. The lowest BCUT2D eigenvalue weighted by Crippen LogP contribution is -2.33. The standard InChI is InChI=1S/C13H17FN2O3/c1-3-19-12-5-4-10(8-11(12)14)13(18)16-7-6-15-9(2)17/h4-5,8H,3,6-7H2,1-2H3,(H,15,17)(H,16,18). The summed E-state index contributed by atoms with van der Waals surface area (Å²) in [5.41, 5.74) is 0.212. The molecule has 2 N–H and O–H groups in total. The number of nitrogens with one attached hydrogen (secondary N) is 2. The van der Waals surface area contributed by atoms with Gasteiger partial charge in [-0.25, -0.2) is 4.39 Å². The third-order valence-electron chi connectivity index (χ3n) is 2.28. The van der Waals surface area contributed by atoms with Gasteiger partial charge >= 0.3 is 0 Å². The molecule has 104 valence electrons. The molecule has 0 radical (unpaired) electrons. The first-order valence-corrected chi connectivity index (χ1v) is 5.99. The molecule has 2 amide bonds. The van der Waals surface area contributed by atoms with E-state index in [2.05, 4.69) is 10.6 Å². The number of benzene rings is 1. The van der Waals surface area contributed by atoms with Gasteiger partial charge in [0.15, 0.2) is 11.6 Å². The van der Waals surface area contributed by atoms with Crippen molar-refractivity contribution >= 4 is 11.8 Å². The minimum atomic E-state index is -0.573. The summed E-state index contributed by atoms with van der Waals surface area (Å²) in [6.07, 6.45) is 0. The van der Waals surface area contributed by atoms with Gasteiger partial charge in [-0.3, -0.25) is 9.59 Å². The van der Waals surface area contributed by atoms with Crippen LogP contribution in [0, 0.1) is 5.82 Å². The second-order valence-corrected chi connectivity index (χ2v) is 3.82. The summed E-state index contributed by atoms with van der Waals surface area (Å²) in [6.45, 7) is 4.12. The Kier molecular flexibility index (Phi) is 5.78. The first kappa shape index (κ1) is 14.9. The highest BCUT2D eigenvalue weighted by molar-refractivity contribution is 5.94. The van der Waals surface area contributed by atoms with Crippen molar-refractivity contribution in [2.45, 2.75) is 13.8 Å². The van der Waals surface area contributed by atoms with Crippen molar-refractivity contribution in [2.24, 2.45) is 0 Å². The molecule has 1 rings (SSSR count). The fraction of sp³-hybridized carbons (Fsp3) is 0.385. The van der Waals surface area contributed by atoms with Gasteiger partial charge in [-0.2, -0.15) is 0 Å². The lowest BCUT2D eigenvalue weighted by atomic mass is 10.2. The zero-order valence-corrected chi connectivity index (χ0v) is 11.0. The first-order valence-electron chi connectivity index (χ1n) is 5.99. The molecule has 0 aliphatic carbocycles. The van der Waals surface area contributed by atoms with E-state index in [4.69, 9.17) is 4.74 Å². The topological polar surface area (TPSA) is 67.4 Å². The third-order valence-corrected chi connectivity index (χ3v) is 2.28. The summed E-state index contributed by atoms with van der Waals surface area (Å²) < 4.78 is 18.6. The number of carbonyl (C=O) groups is 2. The van der Waals surface area contributed by atoms with Gasteiger partial charge in [-0.05, 0) is 25.1 Å². The third kappa shape index (κ3) is 4.95. The Bertz CT molecular complexity index is 463. The molecule has 0 bridgehead atoms. The molecule has 0 unspecified atom stereocenters. The second-order valence-electron chi connectivity index (χ2n) is 3.82. The predicted molar refractivity (Wildman–Crippen MR) is 68.6 cm³/mol. The summed E-state index contributed by atoms with van der Waals surface area (Å²) in [5.74, 6) is -1.01. The molecule has 5 nitrogen and oxygen atoms in total. The Hall–Kier alpha value is -2.11. The van der Waals surface area contributed by atoms with Crippen LogP contribution in [0.3, 0.4) is 0 Å². The highest BCUT2D eigenvalue weighted by atomic mass is 19.1. The van der Waals surface area contributed by atoms with Gasteiger partial charge in [0.2, 0.25) is 5.91 Å². The van der Waals surface area contributed by atoms with Crippen molar-refractivity contribution in [1.82, 2.24) is 10.6 Å². The molecule has 0 saturated carbocycles. The number of hydrogen-bond acceptors (Lipinski definition) is 3. The molecule has 1 aromatic rings. The summed E-state index contributed by atoms with van der Waals surface area (Å²) in [6, 6.07) is 4.03. The first-order chi connectivity index (χ1) is 9.04. The summed E-state index contributed by atoms with van der Waals surface area (Å²) in [5, 5.41) is 5.11. The van der Waals surface area contributed by atoms with Crippen LogP contribution >= 0.6 is 0 Å². The molecule has 6 heteroatoms. The van der Waals surface area contributed by atoms with Crippen LogP contribution in [-0.2, 0) is 4.79 Å². The minimum Gasteiger partial charge on any atom is -0.491 e. The maximum atomic E-state index is 13.5. The molecule has 0 aromatic heterocycles. The number of amides is 2. The Labute approximate surface area is 111 Å². The van der Waals surface area contributed by atoms with Crippen LogP contribution < -0.4 is 15.4 Å². The zero-order valence-electron chi connectivity index (χ0n) is 11.0. The fourth-order valence-corrected chi connectivity index (χ4v) is 1.43. The van der Waals surface area contributed by atoms with E-state index in [-0.39, 0.29) is 23.8 Å². The second kappa shape index (κ2) is 7.35. The van der Waals surface area contributed by atoms with Crippen LogP contribution in [0.2, 0.25) is 0 Å². The van der Waals surface area contributed by atoms with Crippen LogP contribution in [0.5, 0.6) is 5.75 Å².